The van der Waals surface area contributed by atoms with Crippen molar-refractivity contribution in [1.29, 1.82) is 0 Å². The molecule has 94 valence electrons. The van der Waals surface area contributed by atoms with Gasteiger partial charge in [-0.25, -0.2) is 0 Å². The van der Waals surface area contributed by atoms with Gasteiger partial charge in [0.2, 0.25) is 0 Å². The van der Waals surface area contributed by atoms with Crippen molar-refractivity contribution in [2.24, 2.45) is 5.73 Å². The first-order valence-electron chi connectivity index (χ1n) is 6.56. The Morgan fingerprint density at radius 2 is 2.11 bits per heavy atom. The molecule has 2 nitrogen and oxygen atoms in total. The van der Waals surface area contributed by atoms with Crippen LogP contribution in [0, 0.1) is 0 Å². The molecule has 1 saturated heterocycles. The van der Waals surface area contributed by atoms with Gasteiger partial charge in [-0.1, -0.05) is 30.7 Å². The van der Waals surface area contributed by atoms with E-state index in [1.54, 1.807) is 0 Å². The van der Waals surface area contributed by atoms with Gasteiger partial charge in [-0.15, -0.1) is 0 Å². The van der Waals surface area contributed by atoms with Crippen molar-refractivity contribution >= 4 is 22.5 Å². The zero-order valence-corrected chi connectivity index (χ0v) is 11.2. The monoisotopic (exact) mass is 258 g/mol. The van der Waals surface area contributed by atoms with Gasteiger partial charge in [0, 0.05) is 29.1 Å². The van der Waals surface area contributed by atoms with Crippen LogP contribution in [-0.4, -0.2) is 16.0 Å². The summed E-state index contributed by atoms with van der Waals surface area (Å²) in [6.45, 7) is 0. The van der Waals surface area contributed by atoms with E-state index in [9.17, 15) is 0 Å². The van der Waals surface area contributed by atoms with E-state index in [-0.39, 0.29) is 6.04 Å². The molecule has 3 heteroatoms. The van der Waals surface area contributed by atoms with Gasteiger partial charge in [0.25, 0.3) is 0 Å². The summed E-state index contributed by atoms with van der Waals surface area (Å²) in [7, 11) is 0. The number of nitrogens with two attached hydrogens (primary N) is 1. The minimum absolute atomic E-state index is 0.105. The Morgan fingerprint density at radius 3 is 2.94 bits per heavy atom. The Balaban J connectivity index is 1.97. The van der Waals surface area contributed by atoms with Crippen LogP contribution < -0.4 is 5.73 Å². The summed E-state index contributed by atoms with van der Waals surface area (Å²) in [6, 6.07) is 8.49. The highest BCUT2D eigenvalue weighted by atomic mass is 32.2. The zero-order valence-electron chi connectivity index (χ0n) is 10.4. The van der Waals surface area contributed by atoms with Crippen LogP contribution in [0.3, 0.4) is 0 Å². The third kappa shape index (κ3) is 2.25. The van der Waals surface area contributed by atoms with Crippen LogP contribution in [0.2, 0.25) is 0 Å². The van der Waals surface area contributed by atoms with Gasteiger partial charge >= 0.3 is 0 Å². The van der Waals surface area contributed by atoms with Crippen LogP contribution in [-0.2, 0) is 0 Å². The predicted molar refractivity (Wildman–Crippen MR) is 78.8 cm³/mol. The summed E-state index contributed by atoms with van der Waals surface area (Å²) in [6.07, 6.45) is 7.74. The lowest BCUT2D eigenvalue weighted by Crippen LogP contribution is -2.26. The van der Waals surface area contributed by atoms with Crippen LogP contribution in [0.4, 0.5) is 0 Å². The molecule has 3 rings (SSSR count). The lowest BCUT2D eigenvalue weighted by molar-refractivity contribution is 0.583. The normalized spacial score (nSPS) is 21.9. The van der Waals surface area contributed by atoms with E-state index in [0.29, 0.717) is 5.25 Å². The standard InChI is InChI=1S/C15H18N2S/c16-15(14-7-3-4-8-18-14)13-10-17-9-11-5-1-2-6-12(11)13/h1-2,5-6,9-10,14-15H,3-4,7-8,16H2. The Morgan fingerprint density at radius 1 is 1.22 bits per heavy atom. The number of pyridine rings is 1. The Bertz CT molecular complexity index is 530. The third-order valence-corrected chi connectivity index (χ3v) is 5.16. The van der Waals surface area contributed by atoms with Gasteiger partial charge in [-0.3, -0.25) is 4.98 Å². The molecule has 2 heterocycles. The van der Waals surface area contributed by atoms with Crippen molar-refractivity contribution in [3.8, 4) is 0 Å². The van der Waals surface area contributed by atoms with Crippen molar-refractivity contribution in [2.45, 2.75) is 30.6 Å². The van der Waals surface area contributed by atoms with E-state index < -0.39 is 0 Å². The Labute approximate surface area is 112 Å². The van der Waals surface area contributed by atoms with Crippen molar-refractivity contribution in [1.82, 2.24) is 4.98 Å². The molecule has 1 aliphatic rings. The molecule has 0 spiro atoms. The second-order valence-electron chi connectivity index (χ2n) is 4.88. The maximum Gasteiger partial charge on any atom is 0.0437 e. The highest BCUT2D eigenvalue weighted by Crippen LogP contribution is 2.35. The quantitative estimate of drug-likeness (QED) is 0.895. The summed E-state index contributed by atoms with van der Waals surface area (Å²) in [5.74, 6) is 1.25. The van der Waals surface area contributed by atoms with Crippen LogP contribution >= 0.6 is 11.8 Å². The molecule has 2 aromatic rings. The Kier molecular flexibility index (Phi) is 3.52. The van der Waals surface area contributed by atoms with E-state index in [4.69, 9.17) is 5.73 Å². The van der Waals surface area contributed by atoms with E-state index in [0.717, 1.165) is 0 Å². The average Bonchev–Trinajstić information content (AvgIpc) is 2.47. The lowest BCUT2D eigenvalue weighted by Gasteiger charge is -2.27. The van der Waals surface area contributed by atoms with Gasteiger partial charge in [0.15, 0.2) is 0 Å². The topological polar surface area (TPSA) is 38.9 Å². The molecule has 0 radical (unpaired) electrons. The molecular formula is C15H18N2S. The summed E-state index contributed by atoms with van der Waals surface area (Å²) in [4.78, 5) is 4.34. The molecule has 1 aromatic heterocycles. The van der Waals surface area contributed by atoms with Gasteiger partial charge in [0.05, 0.1) is 0 Å². The number of hydrogen-bond acceptors (Lipinski definition) is 3. The van der Waals surface area contributed by atoms with Crippen molar-refractivity contribution in [2.75, 3.05) is 5.75 Å². The maximum absolute atomic E-state index is 6.47. The largest absolute Gasteiger partial charge is 0.323 e. The van der Waals surface area contributed by atoms with Gasteiger partial charge in [0.1, 0.15) is 0 Å². The molecule has 18 heavy (non-hydrogen) atoms. The van der Waals surface area contributed by atoms with Crippen molar-refractivity contribution in [3.05, 3.63) is 42.2 Å². The number of benzene rings is 1. The molecule has 0 bridgehead atoms. The van der Waals surface area contributed by atoms with Crippen LogP contribution in [0.5, 0.6) is 0 Å². The highest BCUT2D eigenvalue weighted by molar-refractivity contribution is 8.00. The molecule has 0 amide bonds. The molecule has 2 atom stereocenters. The second-order valence-corrected chi connectivity index (χ2v) is 6.23. The minimum Gasteiger partial charge on any atom is -0.323 e. The fraction of sp³-hybridized carbons (Fsp3) is 0.400. The summed E-state index contributed by atoms with van der Waals surface area (Å²) >= 11 is 2.02. The minimum atomic E-state index is 0.105. The van der Waals surface area contributed by atoms with Crippen LogP contribution in [0.1, 0.15) is 30.9 Å². The molecule has 0 aliphatic carbocycles. The highest BCUT2D eigenvalue weighted by Gasteiger charge is 2.23. The molecule has 1 aromatic carbocycles. The summed E-state index contributed by atoms with van der Waals surface area (Å²) < 4.78 is 0. The number of aromatic nitrogens is 1. The molecule has 2 N–H and O–H groups in total. The van der Waals surface area contributed by atoms with Crippen LogP contribution in [0.15, 0.2) is 36.7 Å². The van der Waals surface area contributed by atoms with Gasteiger partial charge in [-0.05, 0) is 29.5 Å². The maximum atomic E-state index is 6.47. The SMILES string of the molecule is NC(c1cncc2ccccc12)C1CCCCS1. The van der Waals surface area contributed by atoms with E-state index in [2.05, 4.69) is 29.2 Å². The van der Waals surface area contributed by atoms with Crippen LogP contribution in [0.25, 0.3) is 10.8 Å². The first-order valence-corrected chi connectivity index (χ1v) is 7.61. The summed E-state index contributed by atoms with van der Waals surface area (Å²) in [5.41, 5.74) is 7.68. The Hall–Kier alpha value is -1.06. The predicted octanol–water partition coefficient (Wildman–Crippen LogP) is 3.52. The first kappa shape index (κ1) is 12.0. The summed E-state index contributed by atoms with van der Waals surface area (Å²) in [5, 5.41) is 2.99. The van der Waals surface area contributed by atoms with E-state index in [1.165, 1.54) is 41.4 Å². The third-order valence-electron chi connectivity index (χ3n) is 3.67. The smallest absolute Gasteiger partial charge is 0.0437 e. The molecule has 1 aliphatic heterocycles. The molecular weight excluding hydrogens is 240 g/mol. The molecule has 0 saturated carbocycles. The lowest BCUT2D eigenvalue weighted by atomic mass is 9.97. The van der Waals surface area contributed by atoms with Crippen molar-refractivity contribution in [3.63, 3.8) is 0 Å². The molecule has 2 unspecified atom stereocenters. The molecule has 1 fully saturated rings. The number of nitrogens with zero attached hydrogens (tertiary/aromatic N) is 1. The fourth-order valence-electron chi connectivity index (χ4n) is 2.65. The number of rotatable bonds is 2. The van der Waals surface area contributed by atoms with E-state index in [1.807, 2.05) is 24.2 Å². The van der Waals surface area contributed by atoms with Gasteiger partial charge < -0.3 is 5.73 Å². The zero-order chi connectivity index (χ0) is 12.4. The number of fused-ring (bicyclic) bond motifs is 1. The van der Waals surface area contributed by atoms with Crippen molar-refractivity contribution < 1.29 is 0 Å². The first-order chi connectivity index (χ1) is 8.86. The van der Waals surface area contributed by atoms with E-state index >= 15 is 0 Å². The fourth-order valence-corrected chi connectivity index (χ4v) is 4.02. The number of hydrogen-bond donors (Lipinski definition) is 1. The van der Waals surface area contributed by atoms with Gasteiger partial charge in [-0.2, -0.15) is 11.8 Å². The second kappa shape index (κ2) is 5.29. The average molecular weight is 258 g/mol. The number of thioether (sulfide) groups is 1.